The Hall–Kier alpha value is -2.93. The highest BCUT2D eigenvalue weighted by atomic mass is 35.5. The number of aromatic amines is 1. The van der Waals surface area contributed by atoms with Crippen molar-refractivity contribution in [2.45, 2.75) is 6.54 Å². The Morgan fingerprint density at radius 3 is 2.96 bits per heavy atom. The quantitative estimate of drug-likeness (QED) is 0.623. The van der Waals surface area contributed by atoms with Crippen LogP contribution in [-0.4, -0.2) is 30.1 Å². The molecule has 4 aromatic rings. The number of halogens is 1. The van der Waals surface area contributed by atoms with Gasteiger partial charge in [-0.1, -0.05) is 40.2 Å². The van der Waals surface area contributed by atoms with Gasteiger partial charge >= 0.3 is 0 Å². The smallest absolute Gasteiger partial charge is 0.159 e. The van der Waals surface area contributed by atoms with Gasteiger partial charge in [0.25, 0.3) is 0 Å². The second-order valence-corrected chi connectivity index (χ2v) is 5.30. The Morgan fingerprint density at radius 1 is 1.22 bits per heavy atom. The van der Waals surface area contributed by atoms with E-state index in [1.165, 1.54) is 0 Å². The van der Waals surface area contributed by atoms with Gasteiger partial charge in [-0.2, -0.15) is 0 Å². The molecule has 7 nitrogen and oxygen atoms in total. The summed E-state index contributed by atoms with van der Waals surface area (Å²) in [5.41, 5.74) is 2.19. The number of rotatable bonds is 4. The highest BCUT2D eigenvalue weighted by Crippen LogP contribution is 2.27. The van der Waals surface area contributed by atoms with Crippen LogP contribution in [0.4, 0.5) is 0 Å². The van der Waals surface area contributed by atoms with E-state index in [0.717, 1.165) is 5.56 Å². The summed E-state index contributed by atoms with van der Waals surface area (Å²) in [6, 6.07) is 9.34. The van der Waals surface area contributed by atoms with Crippen molar-refractivity contribution in [2.75, 3.05) is 0 Å². The zero-order valence-corrected chi connectivity index (χ0v) is 12.6. The van der Waals surface area contributed by atoms with Crippen LogP contribution in [0.25, 0.3) is 22.8 Å². The molecule has 3 heterocycles. The van der Waals surface area contributed by atoms with Crippen LogP contribution >= 0.6 is 11.6 Å². The van der Waals surface area contributed by atoms with Gasteiger partial charge in [-0.25, -0.2) is 9.67 Å². The molecule has 8 heteroatoms. The van der Waals surface area contributed by atoms with Crippen LogP contribution in [0.5, 0.6) is 0 Å². The molecule has 114 valence electrons. The first kappa shape index (κ1) is 13.7. The Labute approximate surface area is 135 Å². The zero-order valence-electron chi connectivity index (χ0n) is 11.8. The maximum atomic E-state index is 6.17. The fourth-order valence-corrected chi connectivity index (χ4v) is 2.47. The lowest BCUT2D eigenvalue weighted by molar-refractivity contribution is 0.372. The largest absolute Gasteiger partial charge is 0.359 e. The summed E-state index contributed by atoms with van der Waals surface area (Å²) in [4.78, 5) is 7.12. The van der Waals surface area contributed by atoms with Crippen molar-refractivity contribution < 1.29 is 4.52 Å². The topological polar surface area (TPSA) is 85.4 Å². The van der Waals surface area contributed by atoms with E-state index < -0.39 is 0 Å². The van der Waals surface area contributed by atoms with Crippen LogP contribution in [-0.2, 0) is 6.54 Å². The summed E-state index contributed by atoms with van der Waals surface area (Å²) in [6.45, 7) is 0.422. The Kier molecular flexibility index (Phi) is 3.39. The molecule has 0 unspecified atom stereocenters. The van der Waals surface area contributed by atoms with Crippen LogP contribution in [0.3, 0.4) is 0 Å². The summed E-state index contributed by atoms with van der Waals surface area (Å²) in [6.07, 6.45) is 5.19. The molecule has 3 aromatic heterocycles. The summed E-state index contributed by atoms with van der Waals surface area (Å²) in [7, 11) is 0. The van der Waals surface area contributed by atoms with E-state index in [2.05, 4.69) is 25.4 Å². The Balaban J connectivity index is 1.55. The average molecular weight is 327 g/mol. The van der Waals surface area contributed by atoms with Crippen LogP contribution < -0.4 is 0 Å². The van der Waals surface area contributed by atoms with E-state index >= 15 is 0 Å². The van der Waals surface area contributed by atoms with E-state index in [4.69, 9.17) is 16.1 Å². The molecule has 0 aliphatic carbocycles. The van der Waals surface area contributed by atoms with Gasteiger partial charge in [0.05, 0.1) is 11.2 Å². The normalized spacial score (nSPS) is 11.0. The van der Waals surface area contributed by atoms with Gasteiger partial charge in [-0.05, 0) is 6.07 Å². The second-order valence-electron chi connectivity index (χ2n) is 4.90. The summed E-state index contributed by atoms with van der Waals surface area (Å²) in [5, 5.41) is 12.8. The summed E-state index contributed by atoms with van der Waals surface area (Å²) in [5.74, 6) is 1.33. The highest BCUT2D eigenvalue weighted by Gasteiger charge is 2.11. The van der Waals surface area contributed by atoms with Crippen molar-refractivity contribution in [1.29, 1.82) is 0 Å². The maximum absolute atomic E-state index is 6.17. The predicted octanol–water partition coefficient (Wildman–Crippen LogP) is 3.02. The first-order chi connectivity index (χ1) is 11.3. The van der Waals surface area contributed by atoms with Gasteiger partial charge < -0.3 is 9.51 Å². The van der Waals surface area contributed by atoms with E-state index in [0.29, 0.717) is 34.5 Å². The van der Waals surface area contributed by atoms with E-state index in [9.17, 15) is 0 Å². The molecule has 0 atom stereocenters. The minimum Gasteiger partial charge on any atom is -0.359 e. The number of hydrogen-bond acceptors (Lipinski definition) is 5. The van der Waals surface area contributed by atoms with Crippen molar-refractivity contribution in [3.05, 3.63) is 59.7 Å². The minimum absolute atomic E-state index is 0.422. The molecular weight excluding hydrogens is 316 g/mol. The van der Waals surface area contributed by atoms with E-state index in [1.807, 2.05) is 30.3 Å². The number of H-pyrrole nitrogens is 1. The van der Waals surface area contributed by atoms with Crippen molar-refractivity contribution in [3.63, 3.8) is 0 Å². The molecule has 0 saturated carbocycles. The van der Waals surface area contributed by atoms with Crippen LogP contribution in [0.15, 0.2) is 53.4 Å². The molecule has 23 heavy (non-hydrogen) atoms. The SMILES string of the molecule is Clc1ccccc1-c1cc(Cn2cc(-c3ncc[nH]3)nn2)on1. The van der Waals surface area contributed by atoms with Crippen LogP contribution in [0.1, 0.15) is 5.76 Å². The molecule has 1 N–H and O–H groups in total. The van der Waals surface area contributed by atoms with Gasteiger partial charge in [-0.15, -0.1) is 5.10 Å². The summed E-state index contributed by atoms with van der Waals surface area (Å²) < 4.78 is 7.02. The lowest BCUT2D eigenvalue weighted by Crippen LogP contribution is -1.98. The minimum atomic E-state index is 0.422. The molecule has 0 fully saturated rings. The molecule has 0 amide bonds. The van der Waals surface area contributed by atoms with Gasteiger partial charge in [0.1, 0.15) is 17.9 Å². The molecule has 4 rings (SSSR count). The third-order valence-corrected chi connectivity index (χ3v) is 3.64. The van der Waals surface area contributed by atoms with E-state index in [-0.39, 0.29) is 0 Å². The van der Waals surface area contributed by atoms with Crippen molar-refractivity contribution in [3.8, 4) is 22.8 Å². The van der Waals surface area contributed by atoms with Gasteiger partial charge in [0.15, 0.2) is 11.6 Å². The number of aromatic nitrogens is 6. The first-order valence-electron chi connectivity index (χ1n) is 6.90. The van der Waals surface area contributed by atoms with Crippen LogP contribution in [0.2, 0.25) is 5.02 Å². The van der Waals surface area contributed by atoms with E-state index in [1.54, 1.807) is 23.3 Å². The number of hydrogen-bond donors (Lipinski definition) is 1. The predicted molar refractivity (Wildman–Crippen MR) is 83.7 cm³/mol. The second kappa shape index (κ2) is 5.69. The highest BCUT2D eigenvalue weighted by molar-refractivity contribution is 6.33. The fraction of sp³-hybridized carbons (Fsp3) is 0.0667. The Bertz CT molecular complexity index is 927. The lowest BCUT2D eigenvalue weighted by atomic mass is 10.1. The van der Waals surface area contributed by atoms with Crippen molar-refractivity contribution in [1.82, 2.24) is 30.1 Å². The number of imidazole rings is 1. The molecule has 0 spiro atoms. The van der Waals surface area contributed by atoms with Gasteiger partial charge in [-0.3, -0.25) is 0 Å². The van der Waals surface area contributed by atoms with Crippen molar-refractivity contribution in [2.24, 2.45) is 0 Å². The third-order valence-electron chi connectivity index (χ3n) is 3.31. The van der Waals surface area contributed by atoms with Gasteiger partial charge in [0.2, 0.25) is 0 Å². The molecule has 0 aliphatic heterocycles. The fourth-order valence-electron chi connectivity index (χ4n) is 2.23. The van der Waals surface area contributed by atoms with Crippen molar-refractivity contribution >= 4 is 11.6 Å². The lowest BCUT2D eigenvalue weighted by Gasteiger charge is -1.97. The zero-order chi connectivity index (χ0) is 15.6. The molecule has 0 radical (unpaired) electrons. The number of benzene rings is 1. The first-order valence-corrected chi connectivity index (χ1v) is 7.28. The molecule has 0 aliphatic rings. The number of nitrogens with one attached hydrogen (secondary N) is 1. The van der Waals surface area contributed by atoms with Crippen LogP contribution in [0, 0.1) is 0 Å². The molecule has 0 bridgehead atoms. The average Bonchev–Trinajstić information content (AvgIpc) is 3.29. The number of nitrogens with zero attached hydrogens (tertiary/aromatic N) is 5. The maximum Gasteiger partial charge on any atom is 0.159 e. The monoisotopic (exact) mass is 326 g/mol. The third kappa shape index (κ3) is 2.74. The van der Waals surface area contributed by atoms with Gasteiger partial charge in [0, 0.05) is 24.0 Å². The molecule has 1 aromatic carbocycles. The summed E-state index contributed by atoms with van der Waals surface area (Å²) >= 11 is 6.17. The molecular formula is C15H11ClN6O. The standard InChI is InChI=1S/C15H11ClN6O/c16-12-4-2-1-3-11(12)13-7-10(23-20-13)8-22-9-14(19-21-22)15-17-5-6-18-15/h1-7,9H,8H2,(H,17,18). The Morgan fingerprint density at radius 2 is 2.13 bits per heavy atom. The molecule has 0 saturated heterocycles.